The van der Waals surface area contributed by atoms with Crippen molar-refractivity contribution >= 4 is 5.69 Å². The van der Waals surface area contributed by atoms with Gasteiger partial charge in [0.15, 0.2) is 23.1 Å². The zero-order valence-electron chi connectivity index (χ0n) is 13.8. The number of hydrogen-bond donors (Lipinski definition) is 1. The molecule has 0 bridgehead atoms. The van der Waals surface area contributed by atoms with Gasteiger partial charge in [0.1, 0.15) is 0 Å². The van der Waals surface area contributed by atoms with Crippen LogP contribution in [0.1, 0.15) is 12.0 Å². The Bertz CT molecular complexity index is 769. The molecule has 6 heteroatoms. The molecule has 1 unspecified atom stereocenters. The maximum atomic E-state index is 13.4. The Kier molecular flexibility index (Phi) is 4.44. The van der Waals surface area contributed by atoms with Gasteiger partial charge in [0.25, 0.3) is 0 Å². The van der Waals surface area contributed by atoms with Crippen LogP contribution in [-0.2, 0) is 6.54 Å². The molecule has 2 aromatic rings. The van der Waals surface area contributed by atoms with Crippen LogP contribution in [0.3, 0.4) is 0 Å². The number of fused-ring (bicyclic) bond motifs is 1. The molecule has 25 heavy (non-hydrogen) atoms. The number of nitrogens with zero attached hydrogens (tertiary/aromatic N) is 1. The Morgan fingerprint density at radius 3 is 2.92 bits per heavy atom. The minimum atomic E-state index is -0.803. The van der Waals surface area contributed by atoms with Gasteiger partial charge < -0.3 is 19.7 Å². The summed E-state index contributed by atoms with van der Waals surface area (Å²) in [5.41, 5.74) is 1.83. The Morgan fingerprint density at radius 1 is 1.12 bits per heavy atom. The van der Waals surface area contributed by atoms with Crippen LogP contribution < -0.4 is 19.7 Å². The second kappa shape index (κ2) is 6.88. The molecule has 0 radical (unpaired) electrons. The standard InChI is InChI=1S/C19H20F2N2O2/c20-16-5-4-15(8-17(16)21)23-7-6-13(11-23)9-22-10-14-2-1-3-18-19(14)25-12-24-18/h1-5,8,13,22H,6-7,9-12H2. The van der Waals surface area contributed by atoms with Crippen molar-refractivity contribution in [2.75, 3.05) is 31.3 Å². The first-order valence-corrected chi connectivity index (χ1v) is 8.49. The number of ether oxygens (including phenoxy) is 2. The molecule has 1 saturated heterocycles. The Hall–Kier alpha value is -2.34. The zero-order chi connectivity index (χ0) is 17.2. The van der Waals surface area contributed by atoms with Crippen molar-refractivity contribution in [2.24, 2.45) is 5.92 Å². The van der Waals surface area contributed by atoms with Gasteiger partial charge in [-0.1, -0.05) is 12.1 Å². The van der Waals surface area contributed by atoms with Crippen LogP contribution in [0.2, 0.25) is 0 Å². The number of halogens is 2. The molecule has 4 rings (SSSR count). The summed E-state index contributed by atoms with van der Waals surface area (Å²) >= 11 is 0. The molecule has 2 aromatic carbocycles. The van der Waals surface area contributed by atoms with E-state index < -0.39 is 11.6 Å². The summed E-state index contributed by atoms with van der Waals surface area (Å²) < 4.78 is 37.4. The molecule has 0 saturated carbocycles. The van der Waals surface area contributed by atoms with Crippen molar-refractivity contribution in [1.29, 1.82) is 0 Å². The molecule has 1 atom stereocenters. The van der Waals surface area contributed by atoms with Gasteiger partial charge in [-0.05, 0) is 30.5 Å². The lowest BCUT2D eigenvalue weighted by Gasteiger charge is -2.19. The summed E-state index contributed by atoms with van der Waals surface area (Å²) in [6, 6.07) is 10.00. The van der Waals surface area contributed by atoms with Crippen molar-refractivity contribution in [2.45, 2.75) is 13.0 Å². The van der Waals surface area contributed by atoms with Crippen molar-refractivity contribution in [3.05, 3.63) is 53.6 Å². The molecular formula is C19H20F2N2O2. The number of benzene rings is 2. The predicted molar refractivity (Wildman–Crippen MR) is 90.9 cm³/mol. The lowest BCUT2D eigenvalue weighted by Crippen LogP contribution is -2.26. The first kappa shape index (κ1) is 16.1. The summed E-state index contributed by atoms with van der Waals surface area (Å²) in [5.74, 6) is 0.499. The fourth-order valence-corrected chi connectivity index (χ4v) is 3.46. The maximum absolute atomic E-state index is 13.4. The summed E-state index contributed by atoms with van der Waals surface area (Å²) in [6.07, 6.45) is 1.03. The molecule has 2 heterocycles. The molecule has 0 amide bonds. The normalized spacial score (nSPS) is 18.8. The second-order valence-electron chi connectivity index (χ2n) is 6.48. The summed E-state index contributed by atoms with van der Waals surface area (Å²) in [6.45, 7) is 3.55. The van der Waals surface area contributed by atoms with Crippen LogP contribution in [0.4, 0.5) is 14.5 Å². The highest BCUT2D eigenvalue weighted by Crippen LogP contribution is 2.35. The molecule has 132 valence electrons. The third kappa shape index (κ3) is 3.39. The van der Waals surface area contributed by atoms with Gasteiger partial charge in [0, 0.05) is 43.5 Å². The highest BCUT2D eigenvalue weighted by Gasteiger charge is 2.23. The van der Waals surface area contributed by atoms with Crippen molar-refractivity contribution in [1.82, 2.24) is 5.32 Å². The molecule has 0 aliphatic carbocycles. The second-order valence-corrected chi connectivity index (χ2v) is 6.48. The minimum absolute atomic E-state index is 0.276. The average Bonchev–Trinajstić information content (AvgIpc) is 3.27. The predicted octanol–water partition coefficient (Wildman–Crippen LogP) is 3.31. The van der Waals surface area contributed by atoms with E-state index in [1.165, 1.54) is 12.1 Å². The van der Waals surface area contributed by atoms with Crippen LogP contribution in [-0.4, -0.2) is 26.4 Å². The Morgan fingerprint density at radius 2 is 2.04 bits per heavy atom. The van der Waals surface area contributed by atoms with Crippen LogP contribution in [0.5, 0.6) is 11.5 Å². The van der Waals surface area contributed by atoms with Crippen molar-refractivity contribution < 1.29 is 18.3 Å². The fourth-order valence-electron chi connectivity index (χ4n) is 3.46. The molecule has 4 nitrogen and oxygen atoms in total. The van der Waals surface area contributed by atoms with E-state index in [0.29, 0.717) is 12.5 Å². The molecule has 1 fully saturated rings. The summed E-state index contributed by atoms with van der Waals surface area (Å²) in [4.78, 5) is 2.10. The lowest BCUT2D eigenvalue weighted by molar-refractivity contribution is 0.173. The molecule has 1 N–H and O–H groups in total. The van der Waals surface area contributed by atoms with E-state index in [4.69, 9.17) is 9.47 Å². The zero-order valence-corrected chi connectivity index (χ0v) is 13.8. The Labute approximate surface area is 145 Å². The monoisotopic (exact) mass is 346 g/mol. The molecular weight excluding hydrogens is 326 g/mol. The number of para-hydroxylation sites is 1. The number of nitrogens with one attached hydrogen (secondary N) is 1. The summed E-state index contributed by atoms with van der Waals surface area (Å²) in [7, 11) is 0. The number of anilines is 1. The number of rotatable bonds is 5. The minimum Gasteiger partial charge on any atom is -0.454 e. The highest BCUT2D eigenvalue weighted by atomic mass is 19.2. The summed E-state index contributed by atoms with van der Waals surface area (Å²) in [5, 5.41) is 3.47. The first-order chi connectivity index (χ1) is 12.2. The SMILES string of the molecule is Fc1ccc(N2CCC(CNCc3cccc4c3OCO4)C2)cc1F. The highest BCUT2D eigenvalue weighted by molar-refractivity contribution is 5.48. The third-order valence-electron chi connectivity index (χ3n) is 4.78. The van der Waals surface area contributed by atoms with E-state index in [-0.39, 0.29) is 6.79 Å². The fraction of sp³-hybridized carbons (Fsp3) is 0.368. The van der Waals surface area contributed by atoms with Crippen molar-refractivity contribution in [3.8, 4) is 11.5 Å². The van der Waals surface area contributed by atoms with Gasteiger partial charge >= 0.3 is 0 Å². The Balaban J connectivity index is 1.30. The van der Waals surface area contributed by atoms with Crippen LogP contribution in [0.15, 0.2) is 36.4 Å². The lowest BCUT2D eigenvalue weighted by atomic mass is 10.1. The van der Waals surface area contributed by atoms with Crippen LogP contribution in [0.25, 0.3) is 0 Å². The van der Waals surface area contributed by atoms with Crippen molar-refractivity contribution in [3.63, 3.8) is 0 Å². The van der Waals surface area contributed by atoms with Crippen LogP contribution >= 0.6 is 0 Å². The van der Waals surface area contributed by atoms with Crippen LogP contribution in [0, 0.1) is 17.6 Å². The quantitative estimate of drug-likeness (QED) is 0.901. The molecule has 2 aliphatic rings. The van der Waals surface area contributed by atoms with Gasteiger partial charge in [-0.15, -0.1) is 0 Å². The molecule has 2 aliphatic heterocycles. The van der Waals surface area contributed by atoms with E-state index in [9.17, 15) is 8.78 Å². The first-order valence-electron chi connectivity index (χ1n) is 8.49. The largest absolute Gasteiger partial charge is 0.454 e. The van der Waals surface area contributed by atoms with E-state index in [0.717, 1.165) is 48.8 Å². The van der Waals surface area contributed by atoms with E-state index in [2.05, 4.69) is 10.2 Å². The topological polar surface area (TPSA) is 33.7 Å². The van der Waals surface area contributed by atoms with E-state index in [1.807, 2.05) is 18.2 Å². The maximum Gasteiger partial charge on any atom is 0.231 e. The van der Waals surface area contributed by atoms with Gasteiger partial charge in [0.2, 0.25) is 6.79 Å². The molecule has 0 spiro atoms. The van der Waals surface area contributed by atoms with Gasteiger partial charge in [-0.25, -0.2) is 8.78 Å². The smallest absolute Gasteiger partial charge is 0.231 e. The van der Waals surface area contributed by atoms with E-state index >= 15 is 0 Å². The van der Waals surface area contributed by atoms with Gasteiger partial charge in [0.05, 0.1) is 0 Å². The average molecular weight is 346 g/mol. The van der Waals surface area contributed by atoms with Gasteiger partial charge in [-0.2, -0.15) is 0 Å². The van der Waals surface area contributed by atoms with E-state index in [1.54, 1.807) is 6.07 Å². The third-order valence-corrected chi connectivity index (χ3v) is 4.78. The molecule has 0 aromatic heterocycles. The van der Waals surface area contributed by atoms with Gasteiger partial charge in [-0.3, -0.25) is 0 Å². The number of hydrogen-bond acceptors (Lipinski definition) is 4.